The SMILES string of the molecule is CCC(=O)C(N=Nc1ccc(-c2ccc(N=NC(C(C)=O)C(=O)Nc3ccccc3)cc2)cc1)C(=O)Nc1ccccc1. The number of carbonyl (C=O) groups excluding carboxylic acids is 4. The Kier molecular flexibility index (Phi) is 10.5. The summed E-state index contributed by atoms with van der Waals surface area (Å²) in [6.45, 7) is 2.97. The highest BCUT2D eigenvalue weighted by molar-refractivity contribution is 6.11. The molecule has 0 aliphatic carbocycles. The molecule has 2 atom stereocenters. The van der Waals surface area contributed by atoms with E-state index < -0.39 is 29.7 Å². The van der Waals surface area contributed by atoms with Crippen LogP contribution in [-0.4, -0.2) is 35.5 Å². The van der Waals surface area contributed by atoms with Gasteiger partial charge in [-0.1, -0.05) is 67.6 Å². The number of hydrogen-bond acceptors (Lipinski definition) is 8. The number of nitrogens with one attached hydrogen (secondary N) is 2. The van der Waals surface area contributed by atoms with Crippen molar-refractivity contribution in [3.8, 4) is 11.1 Å². The Morgan fingerprint density at radius 3 is 1.37 bits per heavy atom. The molecule has 10 heteroatoms. The van der Waals surface area contributed by atoms with Crippen LogP contribution < -0.4 is 10.6 Å². The number of carbonyl (C=O) groups is 4. The van der Waals surface area contributed by atoms with Crippen LogP contribution in [0.4, 0.5) is 22.7 Å². The molecule has 4 aromatic rings. The molecule has 0 fully saturated rings. The van der Waals surface area contributed by atoms with Gasteiger partial charge in [0.1, 0.15) is 0 Å². The first-order chi connectivity index (χ1) is 20.8. The lowest BCUT2D eigenvalue weighted by atomic mass is 10.1. The molecular formula is C33H30N6O4. The summed E-state index contributed by atoms with van der Waals surface area (Å²) in [5.74, 6) is -1.86. The smallest absolute Gasteiger partial charge is 0.258 e. The van der Waals surface area contributed by atoms with E-state index in [-0.39, 0.29) is 12.2 Å². The van der Waals surface area contributed by atoms with Gasteiger partial charge >= 0.3 is 0 Å². The minimum Gasteiger partial charge on any atom is -0.324 e. The summed E-state index contributed by atoms with van der Waals surface area (Å²) >= 11 is 0. The van der Waals surface area contributed by atoms with Crippen molar-refractivity contribution >= 4 is 46.1 Å². The maximum absolute atomic E-state index is 12.7. The summed E-state index contributed by atoms with van der Waals surface area (Å²) < 4.78 is 0. The van der Waals surface area contributed by atoms with Gasteiger partial charge in [-0.25, -0.2) is 0 Å². The zero-order valence-corrected chi connectivity index (χ0v) is 23.7. The van der Waals surface area contributed by atoms with Crippen LogP contribution in [0.1, 0.15) is 20.3 Å². The molecule has 43 heavy (non-hydrogen) atoms. The van der Waals surface area contributed by atoms with E-state index >= 15 is 0 Å². The van der Waals surface area contributed by atoms with E-state index in [2.05, 4.69) is 31.1 Å². The van der Waals surface area contributed by atoms with Gasteiger partial charge in [-0.05, 0) is 66.6 Å². The van der Waals surface area contributed by atoms with Gasteiger partial charge in [0.15, 0.2) is 11.6 Å². The second-order valence-corrected chi connectivity index (χ2v) is 9.47. The molecule has 0 aliphatic heterocycles. The number of nitrogens with zero attached hydrogens (tertiary/aromatic N) is 4. The molecule has 0 bridgehead atoms. The van der Waals surface area contributed by atoms with Crippen LogP contribution in [0.2, 0.25) is 0 Å². The Bertz CT molecular complexity index is 1620. The van der Waals surface area contributed by atoms with Gasteiger partial charge in [0.2, 0.25) is 12.1 Å². The molecule has 10 nitrogen and oxygen atoms in total. The maximum atomic E-state index is 12.7. The van der Waals surface area contributed by atoms with Crippen molar-refractivity contribution in [2.24, 2.45) is 20.5 Å². The summed E-state index contributed by atoms with van der Waals surface area (Å²) in [6, 6.07) is 29.4. The molecule has 0 aliphatic rings. The molecule has 4 rings (SSSR count). The predicted octanol–water partition coefficient (Wildman–Crippen LogP) is 7.10. The average molecular weight is 575 g/mol. The molecule has 0 aromatic heterocycles. The number of azo groups is 2. The van der Waals surface area contributed by atoms with Crippen molar-refractivity contribution in [3.63, 3.8) is 0 Å². The van der Waals surface area contributed by atoms with Crippen molar-refractivity contribution in [3.05, 3.63) is 109 Å². The normalized spacial score (nSPS) is 12.5. The first-order valence-electron chi connectivity index (χ1n) is 13.6. The highest BCUT2D eigenvalue weighted by atomic mass is 16.2. The van der Waals surface area contributed by atoms with E-state index in [1.165, 1.54) is 6.92 Å². The Balaban J connectivity index is 1.40. The highest BCUT2D eigenvalue weighted by Crippen LogP contribution is 2.26. The van der Waals surface area contributed by atoms with Gasteiger partial charge in [0, 0.05) is 17.8 Å². The molecule has 0 heterocycles. The number of ketones is 2. The van der Waals surface area contributed by atoms with Gasteiger partial charge in [0.05, 0.1) is 11.4 Å². The summed E-state index contributed by atoms with van der Waals surface area (Å²) in [5, 5.41) is 21.6. The summed E-state index contributed by atoms with van der Waals surface area (Å²) in [5.41, 5.74) is 3.87. The van der Waals surface area contributed by atoms with Gasteiger partial charge in [-0.15, -0.1) is 0 Å². The van der Waals surface area contributed by atoms with Crippen molar-refractivity contribution in [1.29, 1.82) is 0 Å². The fourth-order valence-electron chi connectivity index (χ4n) is 3.93. The molecule has 0 spiro atoms. The third-order valence-electron chi connectivity index (χ3n) is 6.26. The van der Waals surface area contributed by atoms with Crippen molar-refractivity contribution < 1.29 is 19.2 Å². The zero-order chi connectivity index (χ0) is 30.6. The lowest BCUT2D eigenvalue weighted by Gasteiger charge is -2.10. The van der Waals surface area contributed by atoms with E-state index in [4.69, 9.17) is 0 Å². The van der Waals surface area contributed by atoms with Crippen molar-refractivity contribution in [1.82, 2.24) is 0 Å². The third kappa shape index (κ3) is 8.67. The number of Topliss-reactive ketones (excluding diaryl/α,β-unsaturated/α-hetero) is 2. The van der Waals surface area contributed by atoms with Crippen molar-refractivity contribution in [2.45, 2.75) is 32.4 Å². The van der Waals surface area contributed by atoms with Crippen LogP contribution in [0.3, 0.4) is 0 Å². The first-order valence-corrected chi connectivity index (χ1v) is 13.6. The molecule has 0 saturated carbocycles. The fourth-order valence-corrected chi connectivity index (χ4v) is 3.93. The Morgan fingerprint density at radius 2 is 0.977 bits per heavy atom. The number of hydrogen-bond donors (Lipinski definition) is 2. The Labute approximate surface area is 249 Å². The van der Waals surface area contributed by atoms with Crippen LogP contribution in [-0.2, 0) is 19.2 Å². The zero-order valence-electron chi connectivity index (χ0n) is 23.7. The third-order valence-corrected chi connectivity index (χ3v) is 6.26. The predicted molar refractivity (Wildman–Crippen MR) is 165 cm³/mol. The molecule has 4 aromatic carbocycles. The minimum absolute atomic E-state index is 0.149. The van der Waals surface area contributed by atoms with Gasteiger partial charge in [-0.3, -0.25) is 19.2 Å². The van der Waals surface area contributed by atoms with Crippen LogP contribution >= 0.6 is 0 Å². The van der Waals surface area contributed by atoms with Crippen LogP contribution in [0, 0.1) is 0 Å². The Hall–Kier alpha value is -5.64. The van der Waals surface area contributed by atoms with Gasteiger partial charge in [0.25, 0.3) is 11.8 Å². The van der Waals surface area contributed by atoms with E-state index in [0.717, 1.165) is 11.1 Å². The molecule has 2 amide bonds. The summed E-state index contributed by atoms with van der Waals surface area (Å²) in [4.78, 5) is 49.7. The topological polar surface area (TPSA) is 142 Å². The van der Waals surface area contributed by atoms with Gasteiger partial charge in [-0.2, -0.15) is 20.5 Å². The minimum atomic E-state index is -1.27. The molecular weight excluding hydrogens is 544 g/mol. The molecule has 0 saturated heterocycles. The number of amides is 2. The van der Waals surface area contributed by atoms with Crippen LogP contribution in [0.5, 0.6) is 0 Å². The van der Waals surface area contributed by atoms with E-state index in [9.17, 15) is 19.2 Å². The van der Waals surface area contributed by atoms with E-state index in [1.54, 1.807) is 79.7 Å². The van der Waals surface area contributed by atoms with E-state index in [0.29, 0.717) is 22.7 Å². The average Bonchev–Trinajstić information content (AvgIpc) is 3.02. The number of anilines is 2. The number of rotatable bonds is 12. The quantitative estimate of drug-likeness (QED) is 0.137. The molecule has 0 radical (unpaired) electrons. The standard InChI is InChI=1S/C33H30N6O4/c1-3-29(41)31(33(43)35-26-12-8-5-9-13-26)39-37-28-20-16-24(17-21-28)23-14-18-27(19-15-23)36-38-30(22(2)40)32(42)34-25-10-6-4-7-11-25/h4-21,30-31H,3H2,1-2H3,(H,34,42)(H,35,43). The van der Waals surface area contributed by atoms with E-state index in [1.807, 2.05) is 36.4 Å². The summed E-state index contributed by atoms with van der Waals surface area (Å²) in [6.07, 6.45) is 0.149. The summed E-state index contributed by atoms with van der Waals surface area (Å²) in [7, 11) is 0. The molecule has 216 valence electrons. The first kappa shape index (κ1) is 30.3. The second kappa shape index (κ2) is 14.8. The lowest BCUT2D eigenvalue weighted by molar-refractivity contribution is -0.128. The fraction of sp³-hybridized carbons (Fsp3) is 0.152. The highest BCUT2D eigenvalue weighted by Gasteiger charge is 2.25. The molecule has 2 unspecified atom stereocenters. The monoisotopic (exact) mass is 574 g/mol. The maximum Gasteiger partial charge on any atom is 0.258 e. The Morgan fingerprint density at radius 1 is 0.581 bits per heavy atom. The molecule has 2 N–H and O–H groups in total. The lowest BCUT2D eigenvalue weighted by Crippen LogP contribution is -2.33. The number of para-hydroxylation sites is 2. The van der Waals surface area contributed by atoms with Crippen LogP contribution in [0.25, 0.3) is 11.1 Å². The largest absolute Gasteiger partial charge is 0.324 e. The number of benzene rings is 4. The van der Waals surface area contributed by atoms with Gasteiger partial charge < -0.3 is 10.6 Å². The second-order valence-electron chi connectivity index (χ2n) is 9.47. The van der Waals surface area contributed by atoms with Crippen molar-refractivity contribution in [2.75, 3.05) is 10.6 Å². The van der Waals surface area contributed by atoms with Crippen LogP contribution in [0.15, 0.2) is 130 Å².